The minimum Gasteiger partial charge on any atom is -0.400 e. The molecule has 0 saturated heterocycles. The van der Waals surface area contributed by atoms with Crippen LogP contribution in [0.2, 0.25) is 0 Å². The summed E-state index contributed by atoms with van der Waals surface area (Å²) in [7, 11) is -0.143. The first-order valence-corrected chi connectivity index (χ1v) is 9.76. The van der Waals surface area contributed by atoms with Crippen molar-refractivity contribution in [3.63, 3.8) is 0 Å². The number of aliphatic hydroxyl groups is 1. The molecule has 150 valence electrons. The van der Waals surface area contributed by atoms with E-state index in [0.29, 0.717) is 5.56 Å². The van der Waals surface area contributed by atoms with Gasteiger partial charge in [0, 0.05) is 32.8 Å². The first-order valence-electron chi connectivity index (χ1n) is 9.25. The van der Waals surface area contributed by atoms with Gasteiger partial charge in [-0.1, -0.05) is 19.1 Å². The molecule has 1 aromatic heterocycles. The average molecular weight is 404 g/mol. The molecule has 0 bridgehead atoms. The normalized spacial score (nSPS) is 26.2. The van der Waals surface area contributed by atoms with Crippen LogP contribution in [0.5, 0.6) is 0 Å². The van der Waals surface area contributed by atoms with E-state index in [2.05, 4.69) is 10.1 Å². The maximum atomic E-state index is 15.2. The number of aromatic nitrogens is 2. The van der Waals surface area contributed by atoms with Gasteiger partial charge in [0.15, 0.2) is 14.5 Å². The molecule has 27 heavy (non-hydrogen) atoms. The molecule has 5 atom stereocenters. The number of nitrogens with zero attached hydrogens (tertiary/aromatic N) is 2. The second kappa shape index (κ2) is 11.1. The van der Waals surface area contributed by atoms with Crippen molar-refractivity contribution in [1.82, 2.24) is 9.55 Å². The lowest BCUT2D eigenvalue weighted by Gasteiger charge is -2.35. The molecule has 0 amide bonds. The zero-order valence-electron chi connectivity index (χ0n) is 17.4. The van der Waals surface area contributed by atoms with Crippen molar-refractivity contribution < 1.29 is 19.9 Å². The van der Waals surface area contributed by atoms with Gasteiger partial charge in [-0.3, -0.25) is 14.3 Å². The molecule has 0 spiro atoms. The number of allylic oxidation sites excluding steroid dienone is 1. The summed E-state index contributed by atoms with van der Waals surface area (Å²) < 4.78 is 40.7. The molecule has 1 aromatic rings. The summed E-state index contributed by atoms with van der Waals surface area (Å²) in [6.45, 7) is 3.30. The lowest BCUT2D eigenvalue weighted by Crippen LogP contribution is -2.43. The van der Waals surface area contributed by atoms with Gasteiger partial charge in [0.1, 0.15) is 6.10 Å². The van der Waals surface area contributed by atoms with E-state index >= 15 is 4.39 Å². The van der Waals surface area contributed by atoms with Crippen molar-refractivity contribution in [2.24, 2.45) is 5.92 Å². The van der Waals surface area contributed by atoms with E-state index in [1.807, 2.05) is 6.07 Å². The van der Waals surface area contributed by atoms with E-state index in [9.17, 15) is 9.59 Å². The van der Waals surface area contributed by atoms with Gasteiger partial charge in [0.2, 0.25) is 1.43 Å². The first kappa shape index (κ1) is 19.9. The zero-order valence-corrected chi connectivity index (χ0v) is 16.3. The number of hydrogen-bond donors (Lipinski definition) is 2. The van der Waals surface area contributed by atoms with E-state index in [4.69, 9.17) is 17.1 Å². The van der Waals surface area contributed by atoms with Crippen LogP contribution in [0, 0.1) is 24.2 Å². The molecule has 2 rings (SSSR count). The molecular formula is C17H25FN3O5P. The van der Waals surface area contributed by atoms with Crippen molar-refractivity contribution in [3.8, 4) is 6.07 Å². The monoisotopic (exact) mass is 404 g/mol. The number of aliphatic hydroxyl groups excluding tert-OH is 1. The molecule has 1 aliphatic rings. The molecule has 10 heteroatoms. The molecule has 0 aromatic carbocycles. The average Bonchev–Trinajstić information content (AvgIpc) is 2.67. The molecule has 0 aliphatic heterocycles. The van der Waals surface area contributed by atoms with Crippen molar-refractivity contribution in [1.29, 1.82) is 6.69 Å². The highest BCUT2D eigenvalue weighted by atomic mass is 31.2. The molecule has 0 fully saturated rings. The third-order valence-corrected chi connectivity index (χ3v) is 4.93. The Bertz CT molecular complexity index is 829. The number of aryl methyl sites for hydroxylation is 1. The van der Waals surface area contributed by atoms with E-state index < -0.39 is 43.9 Å². The topological polar surface area (TPSA) is 117 Å². The SMILES string of the molecule is [2H]C[C@H]1C=C[C@@H](n2cc(C)c(=O)[nH]c2=O)[C@H](F)[C@@H]1OP(C)OCCC#N.[3H]OC. The molecular weight excluding hydrogens is 376 g/mol. The summed E-state index contributed by atoms with van der Waals surface area (Å²) in [6, 6.07) is 0.997. The fourth-order valence-corrected chi connectivity index (χ4v) is 3.54. The largest absolute Gasteiger partial charge is 0.400 e. The Balaban J connectivity index is 0.00000132. The van der Waals surface area contributed by atoms with Gasteiger partial charge in [-0.15, -0.1) is 0 Å². The first-order chi connectivity index (χ1) is 13.8. The Hall–Kier alpha value is -1.85. The van der Waals surface area contributed by atoms with Crippen LogP contribution in [0.3, 0.4) is 0 Å². The van der Waals surface area contributed by atoms with Crippen LogP contribution in [0.4, 0.5) is 4.39 Å². The van der Waals surface area contributed by atoms with Gasteiger partial charge >= 0.3 is 5.69 Å². The van der Waals surface area contributed by atoms with Crippen molar-refractivity contribution in [2.75, 3.05) is 20.4 Å². The summed E-state index contributed by atoms with van der Waals surface area (Å²) in [5.41, 5.74) is -0.922. The predicted octanol–water partition coefficient (Wildman–Crippen LogP) is 1.80. The number of hydrogen-bond acceptors (Lipinski definition) is 6. The molecule has 8 nitrogen and oxygen atoms in total. The van der Waals surface area contributed by atoms with Crippen LogP contribution in [0.15, 0.2) is 27.9 Å². The van der Waals surface area contributed by atoms with Crippen LogP contribution in [0.25, 0.3) is 0 Å². The van der Waals surface area contributed by atoms with Gasteiger partial charge < -0.3 is 14.2 Å². The Kier molecular flexibility index (Phi) is 8.18. The lowest BCUT2D eigenvalue weighted by molar-refractivity contribution is 0.0399. The van der Waals surface area contributed by atoms with Crippen LogP contribution < -0.4 is 11.2 Å². The molecule has 1 unspecified atom stereocenters. The Morgan fingerprint density at radius 1 is 1.59 bits per heavy atom. The highest BCUT2D eigenvalue weighted by Gasteiger charge is 2.38. The van der Waals surface area contributed by atoms with Gasteiger partial charge in [-0.2, -0.15) is 5.26 Å². The van der Waals surface area contributed by atoms with Crippen LogP contribution in [-0.2, 0) is 9.05 Å². The van der Waals surface area contributed by atoms with Crippen LogP contribution >= 0.6 is 8.38 Å². The second-order valence-corrected chi connectivity index (χ2v) is 7.06. The molecule has 0 saturated carbocycles. The van der Waals surface area contributed by atoms with Crippen molar-refractivity contribution >= 4 is 8.38 Å². The van der Waals surface area contributed by atoms with Gasteiger partial charge in [0.25, 0.3) is 5.56 Å². The number of aromatic amines is 1. The van der Waals surface area contributed by atoms with Gasteiger partial charge in [0.05, 0.1) is 25.1 Å². The molecule has 1 aliphatic carbocycles. The lowest BCUT2D eigenvalue weighted by atomic mass is 9.89. The summed E-state index contributed by atoms with van der Waals surface area (Å²) in [5.74, 6) is -0.481. The Morgan fingerprint density at radius 2 is 2.30 bits per heavy atom. The van der Waals surface area contributed by atoms with E-state index in [-0.39, 0.29) is 19.9 Å². The second-order valence-electron chi connectivity index (χ2n) is 5.71. The van der Waals surface area contributed by atoms with Gasteiger partial charge in [-0.25, -0.2) is 9.18 Å². The number of alkyl halides is 1. The Morgan fingerprint density at radius 3 is 2.93 bits per heavy atom. The fourth-order valence-electron chi connectivity index (χ4n) is 2.51. The maximum absolute atomic E-state index is 15.2. The fraction of sp³-hybridized carbons (Fsp3) is 0.588. The quantitative estimate of drug-likeness (QED) is 0.424. The van der Waals surface area contributed by atoms with Crippen molar-refractivity contribution in [2.45, 2.75) is 38.6 Å². The maximum Gasteiger partial charge on any atom is 0.328 e. The van der Waals surface area contributed by atoms with Crippen LogP contribution in [0.1, 0.15) is 26.3 Å². The summed E-state index contributed by atoms with van der Waals surface area (Å²) in [5, 5.41) is 12.0. The summed E-state index contributed by atoms with van der Waals surface area (Å²) in [4.78, 5) is 25.8. The van der Waals surface area contributed by atoms with Crippen LogP contribution in [-0.4, -0.2) is 48.7 Å². The molecule has 0 radical (unpaired) electrons. The molecule has 1 heterocycles. The summed E-state index contributed by atoms with van der Waals surface area (Å²) in [6.07, 6.45) is 2.15. The van der Waals surface area contributed by atoms with E-state index in [1.54, 1.807) is 12.7 Å². The number of rotatable bonds is 6. The summed E-state index contributed by atoms with van der Waals surface area (Å²) >= 11 is 0. The number of nitrogens with one attached hydrogen (secondary N) is 1. The third kappa shape index (κ3) is 6.08. The zero-order chi connectivity index (χ0) is 22.0. The minimum absolute atomic E-state index is 0.0742. The third-order valence-electron chi connectivity index (χ3n) is 3.84. The van der Waals surface area contributed by atoms with Crippen molar-refractivity contribution in [3.05, 3.63) is 44.8 Å². The predicted molar refractivity (Wildman–Crippen MR) is 100 cm³/mol. The van der Waals surface area contributed by atoms with E-state index in [1.165, 1.54) is 26.3 Å². The number of nitriles is 1. The van der Waals surface area contributed by atoms with E-state index in [0.717, 1.165) is 4.57 Å². The number of H-pyrrole nitrogens is 1. The molecule has 2 N–H and O–H groups in total. The highest BCUT2D eigenvalue weighted by Crippen LogP contribution is 2.42. The number of halogens is 1. The Labute approximate surface area is 161 Å². The standard InChI is InChI=1S/C16H21FN3O4P.CH4O/c1-10-5-6-12(20-9-11(2)15(21)19-16(20)22)13(17)14(10)24-25(3)23-8-4-7-18;1-2/h5-6,9-10,12-14H,4,8H2,1-3H3,(H,19,21,22);2H,1H3/t10-,12+,13-,14+,25?;/m0./s1/i1D;2T. The smallest absolute Gasteiger partial charge is 0.328 e. The minimum atomic E-state index is -1.59. The highest BCUT2D eigenvalue weighted by molar-refractivity contribution is 7.46. The van der Waals surface area contributed by atoms with Gasteiger partial charge in [-0.05, 0) is 6.92 Å².